The lowest BCUT2D eigenvalue weighted by atomic mass is 9.76. The fraction of sp³-hybridized carbons (Fsp3) is 0.381. The number of anilines is 1. The van der Waals surface area contributed by atoms with E-state index in [0.717, 1.165) is 11.3 Å². The number of piperidine rings is 1. The van der Waals surface area contributed by atoms with Crippen LogP contribution < -0.4 is 10.6 Å². The zero-order valence-corrected chi connectivity index (χ0v) is 16.1. The Morgan fingerprint density at radius 3 is 2.71 bits per heavy atom. The largest absolute Gasteiger partial charge is 0.365 e. The molecule has 2 fully saturated rings. The SMILES string of the molecule is Cc1ccc(C(N)=O)c(N2CC[C@]3(c4ccccc4)[C@@H](C2)OCC(=O)N3C)n1. The van der Waals surface area contributed by atoms with Gasteiger partial charge in [-0.15, -0.1) is 0 Å². The maximum Gasteiger partial charge on any atom is 0.252 e. The number of hydrogen-bond donors (Lipinski definition) is 1. The van der Waals surface area contributed by atoms with Crippen molar-refractivity contribution in [1.82, 2.24) is 9.88 Å². The summed E-state index contributed by atoms with van der Waals surface area (Å²) in [5.41, 5.74) is 7.31. The zero-order valence-electron chi connectivity index (χ0n) is 16.1. The number of rotatable bonds is 3. The molecular weight excluding hydrogens is 356 g/mol. The molecule has 2 aliphatic rings. The Bertz CT molecular complexity index is 917. The summed E-state index contributed by atoms with van der Waals surface area (Å²) in [6.07, 6.45) is 0.423. The number of carbonyl (C=O) groups excluding carboxylic acids is 2. The molecule has 2 N–H and O–H groups in total. The number of ether oxygens (including phenoxy) is 1. The van der Waals surface area contributed by atoms with Crippen LogP contribution in [0.2, 0.25) is 0 Å². The van der Waals surface area contributed by atoms with E-state index in [4.69, 9.17) is 10.5 Å². The summed E-state index contributed by atoms with van der Waals surface area (Å²) in [7, 11) is 1.85. The van der Waals surface area contributed by atoms with Crippen LogP contribution in [0.5, 0.6) is 0 Å². The van der Waals surface area contributed by atoms with E-state index in [0.29, 0.717) is 30.9 Å². The van der Waals surface area contributed by atoms with Gasteiger partial charge in [-0.3, -0.25) is 9.59 Å². The molecule has 0 radical (unpaired) electrons. The lowest BCUT2D eigenvalue weighted by Gasteiger charge is -2.55. The number of hydrogen-bond acceptors (Lipinski definition) is 5. The topological polar surface area (TPSA) is 88.8 Å². The van der Waals surface area contributed by atoms with Gasteiger partial charge < -0.3 is 20.3 Å². The molecule has 7 nitrogen and oxygen atoms in total. The molecule has 0 saturated carbocycles. The number of aryl methyl sites for hydroxylation is 1. The lowest BCUT2D eigenvalue weighted by molar-refractivity contribution is -0.173. The molecule has 1 aromatic heterocycles. The van der Waals surface area contributed by atoms with Crippen LogP contribution in [0.15, 0.2) is 42.5 Å². The monoisotopic (exact) mass is 380 g/mol. The van der Waals surface area contributed by atoms with E-state index in [2.05, 4.69) is 4.98 Å². The van der Waals surface area contributed by atoms with E-state index in [9.17, 15) is 9.59 Å². The summed E-state index contributed by atoms with van der Waals surface area (Å²) in [4.78, 5) is 32.8. The number of primary amides is 1. The molecule has 0 spiro atoms. The van der Waals surface area contributed by atoms with E-state index in [1.54, 1.807) is 12.1 Å². The van der Waals surface area contributed by atoms with Gasteiger partial charge in [0.1, 0.15) is 18.5 Å². The maximum absolute atomic E-state index is 12.5. The van der Waals surface area contributed by atoms with Crippen LogP contribution in [0.1, 0.15) is 28.0 Å². The van der Waals surface area contributed by atoms with Crippen molar-refractivity contribution in [2.45, 2.75) is 25.0 Å². The number of morpholine rings is 1. The molecule has 2 amide bonds. The van der Waals surface area contributed by atoms with Gasteiger partial charge in [0.15, 0.2) is 0 Å². The first-order chi connectivity index (χ1) is 13.4. The second kappa shape index (κ2) is 6.91. The summed E-state index contributed by atoms with van der Waals surface area (Å²) in [6.45, 7) is 3.08. The van der Waals surface area contributed by atoms with Crippen molar-refractivity contribution in [2.24, 2.45) is 5.73 Å². The Morgan fingerprint density at radius 1 is 1.25 bits per heavy atom. The van der Waals surface area contributed by atoms with Gasteiger partial charge in [-0.1, -0.05) is 30.3 Å². The Kier molecular flexibility index (Phi) is 4.55. The Labute approximate surface area is 164 Å². The number of amides is 2. The minimum absolute atomic E-state index is 0.0277. The number of aromatic nitrogens is 1. The van der Waals surface area contributed by atoms with Crippen LogP contribution >= 0.6 is 0 Å². The van der Waals surface area contributed by atoms with Gasteiger partial charge in [0.05, 0.1) is 11.1 Å². The van der Waals surface area contributed by atoms with Crippen molar-refractivity contribution in [3.05, 3.63) is 59.3 Å². The van der Waals surface area contributed by atoms with Crippen LogP contribution in [0.4, 0.5) is 5.82 Å². The first kappa shape index (κ1) is 18.4. The number of pyridine rings is 1. The first-order valence-electron chi connectivity index (χ1n) is 9.39. The van der Waals surface area contributed by atoms with Crippen molar-refractivity contribution in [1.29, 1.82) is 0 Å². The van der Waals surface area contributed by atoms with Crippen LogP contribution in [-0.2, 0) is 15.1 Å². The van der Waals surface area contributed by atoms with Crippen molar-refractivity contribution < 1.29 is 14.3 Å². The Balaban J connectivity index is 1.74. The number of nitrogens with two attached hydrogens (primary N) is 1. The fourth-order valence-corrected chi connectivity index (χ4v) is 4.39. The third-order valence-electron chi connectivity index (χ3n) is 5.92. The summed E-state index contributed by atoms with van der Waals surface area (Å²) in [5.74, 6) is 0.0524. The van der Waals surface area contributed by atoms with Crippen LogP contribution in [0.3, 0.4) is 0 Å². The number of fused-ring (bicyclic) bond motifs is 1. The third-order valence-corrected chi connectivity index (χ3v) is 5.92. The van der Waals surface area contributed by atoms with Crippen LogP contribution in [-0.4, -0.2) is 54.5 Å². The van der Waals surface area contributed by atoms with Crippen LogP contribution in [0.25, 0.3) is 0 Å². The van der Waals surface area contributed by atoms with E-state index < -0.39 is 11.4 Å². The average Bonchev–Trinajstić information content (AvgIpc) is 2.71. The van der Waals surface area contributed by atoms with Crippen LogP contribution in [0, 0.1) is 6.92 Å². The number of nitrogens with zero attached hydrogens (tertiary/aromatic N) is 3. The molecular formula is C21H24N4O3. The van der Waals surface area contributed by atoms with E-state index >= 15 is 0 Å². The second-order valence-electron chi connectivity index (χ2n) is 7.43. The molecule has 2 atom stereocenters. The van der Waals surface area contributed by atoms with Crippen molar-refractivity contribution in [3.63, 3.8) is 0 Å². The molecule has 146 valence electrons. The molecule has 1 aromatic carbocycles. The summed E-state index contributed by atoms with van der Waals surface area (Å²) < 4.78 is 6.03. The van der Waals surface area contributed by atoms with Crippen molar-refractivity contribution in [2.75, 3.05) is 31.6 Å². The standard InChI is InChI=1S/C21H24N4O3/c1-14-8-9-16(19(22)27)20(23-14)25-11-10-21(15-6-4-3-5-7-15)17(12-25)28-13-18(26)24(21)2/h3-9,17H,10-13H2,1-2H3,(H2,22,27)/t17-,21+/m1/s1. The summed E-state index contributed by atoms with van der Waals surface area (Å²) in [6, 6.07) is 13.5. The number of carbonyl (C=O) groups is 2. The van der Waals surface area contributed by atoms with Gasteiger partial charge in [0.25, 0.3) is 5.91 Å². The van der Waals surface area contributed by atoms with E-state index in [1.165, 1.54) is 0 Å². The highest BCUT2D eigenvalue weighted by Crippen LogP contribution is 2.43. The average molecular weight is 380 g/mol. The number of benzene rings is 1. The van der Waals surface area contributed by atoms with Gasteiger partial charge in [0, 0.05) is 25.8 Å². The first-order valence-corrected chi connectivity index (χ1v) is 9.39. The minimum atomic E-state index is -0.538. The molecule has 28 heavy (non-hydrogen) atoms. The summed E-state index contributed by atoms with van der Waals surface area (Å²) >= 11 is 0. The van der Waals surface area contributed by atoms with E-state index in [-0.39, 0.29) is 18.6 Å². The van der Waals surface area contributed by atoms with Gasteiger partial charge >= 0.3 is 0 Å². The van der Waals surface area contributed by atoms with Gasteiger partial charge in [-0.25, -0.2) is 4.98 Å². The smallest absolute Gasteiger partial charge is 0.252 e. The maximum atomic E-state index is 12.5. The molecule has 3 heterocycles. The third kappa shape index (κ3) is 2.82. The zero-order chi connectivity index (χ0) is 19.9. The van der Waals surface area contributed by atoms with Gasteiger partial charge in [-0.2, -0.15) is 0 Å². The summed E-state index contributed by atoms with van der Waals surface area (Å²) in [5, 5.41) is 0. The lowest BCUT2D eigenvalue weighted by Crippen LogP contribution is -2.67. The van der Waals surface area contributed by atoms with Gasteiger partial charge in [0.2, 0.25) is 5.91 Å². The predicted octanol–water partition coefficient (Wildman–Crippen LogP) is 1.45. The molecule has 2 saturated heterocycles. The molecule has 2 aliphatic heterocycles. The molecule has 0 bridgehead atoms. The molecule has 7 heteroatoms. The minimum Gasteiger partial charge on any atom is -0.365 e. The highest BCUT2D eigenvalue weighted by Gasteiger charge is 2.53. The predicted molar refractivity (Wildman–Crippen MR) is 105 cm³/mol. The molecule has 0 unspecified atom stereocenters. The highest BCUT2D eigenvalue weighted by atomic mass is 16.5. The Morgan fingerprint density at radius 2 is 2.00 bits per heavy atom. The number of likely N-dealkylation sites (N-methyl/N-ethyl adjacent to an activating group) is 1. The van der Waals surface area contributed by atoms with Gasteiger partial charge in [-0.05, 0) is 31.0 Å². The Hall–Kier alpha value is -2.93. The quantitative estimate of drug-likeness (QED) is 0.871. The highest BCUT2D eigenvalue weighted by molar-refractivity contribution is 5.97. The molecule has 4 rings (SSSR count). The van der Waals surface area contributed by atoms with E-state index in [1.807, 2.05) is 54.1 Å². The molecule has 0 aliphatic carbocycles. The molecule has 2 aromatic rings. The fourth-order valence-electron chi connectivity index (χ4n) is 4.39. The normalized spacial score (nSPS) is 24.8. The van der Waals surface area contributed by atoms with Crippen molar-refractivity contribution >= 4 is 17.6 Å². The van der Waals surface area contributed by atoms with Crippen molar-refractivity contribution in [3.8, 4) is 0 Å². The second-order valence-corrected chi connectivity index (χ2v) is 7.43.